The summed E-state index contributed by atoms with van der Waals surface area (Å²) in [6.45, 7) is 4.48. The third-order valence-electron chi connectivity index (χ3n) is 5.29. The molecule has 0 aliphatic carbocycles. The third-order valence-corrected chi connectivity index (χ3v) is 5.29. The Morgan fingerprint density at radius 1 is 1.09 bits per heavy atom. The van der Waals surface area contributed by atoms with Crippen molar-refractivity contribution in [3.05, 3.63) is 71.6 Å². The Kier molecular flexibility index (Phi) is 5.64. The van der Waals surface area contributed by atoms with Gasteiger partial charge in [-0.3, -0.25) is 0 Å². The van der Waals surface area contributed by atoms with E-state index in [0.29, 0.717) is 17.9 Å². The number of rotatable bonds is 6. The van der Waals surface area contributed by atoms with Gasteiger partial charge in [-0.2, -0.15) is 8.78 Å². The summed E-state index contributed by atoms with van der Waals surface area (Å²) in [7, 11) is 0. The van der Waals surface area contributed by atoms with Gasteiger partial charge in [0.1, 0.15) is 17.2 Å². The number of nitrogens with zero attached hydrogens (tertiary/aromatic N) is 4. The average Bonchev–Trinajstić information content (AvgIpc) is 3.03. The number of aromatic nitrogens is 4. The SMILES string of the molecule is Cc1nc(C(C)(C)O)ncc1-c1ccc2nc(C)n(Cc3ccccc3OC(F)F)c2c1. The lowest BCUT2D eigenvalue weighted by molar-refractivity contribution is -0.0504. The highest BCUT2D eigenvalue weighted by atomic mass is 19.3. The van der Waals surface area contributed by atoms with E-state index >= 15 is 0 Å². The van der Waals surface area contributed by atoms with Crippen LogP contribution in [0.1, 0.15) is 36.8 Å². The van der Waals surface area contributed by atoms with Gasteiger partial charge in [0.05, 0.1) is 17.6 Å². The van der Waals surface area contributed by atoms with E-state index < -0.39 is 12.2 Å². The van der Waals surface area contributed by atoms with Crippen LogP contribution in [0.25, 0.3) is 22.2 Å². The molecular weight excluding hydrogens is 414 g/mol. The van der Waals surface area contributed by atoms with Gasteiger partial charge < -0.3 is 14.4 Å². The van der Waals surface area contributed by atoms with Crippen LogP contribution in [0.3, 0.4) is 0 Å². The minimum Gasteiger partial charge on any atom is -0.434 e. The van der Waals surface area contributed by atoms with Crippen LogP contribution in [-0.2, 0) is 12.1 Å². The number of aliphatic hydroxyl groups is 1. The van der Waals surface area contributed by atoms with E-state index in [-0.39, 0.29) is 5.75 Å². The topological polar surface area (TPSA) is 73.1 Å². The Morgan fingerprint density at radius 3 is 2.53 bits per heavy atom. The first kappa shape index (κ1) is 21.8. The fourth-order valence-electron chi connectivity index (χ4n) is 3.67. The lowest BCUT2D eigenvalue weighted by Gasteiger charge is -2.17. The van der Waals surface area contributed by atoms with Gasteiger partial charge in [-0.25, -0.2) is 15.0 Å². The van der Waals surface area contributed by atoms with E-state index in [1.165, 1.54) is 6.07 Å². The Hall–Kier alpha value is -3.39. The van der Waals surface area contributed by atoms with Gasteiger partial charge in [0.15, 0.2) is 5.82 Å². The number of hydrogen-bond donors (Lipinski definition) is 1. The van der Waals surface area contributed by atoms with Gasteiger partial charge in [-0.15, -0.1) is 0 Å². The van der Waals surface area contributed by atoms with E-state index in [0.717, 1.165) is 33.7 Å². The lowest BCUT2D eigenvalue weighted by atomic mass is 10.0. The van der Waals surface area contributed by atoms with Crippen molar-refractivity contribution >= 4 is 11.0 Å². The fraction of sp³-hybridized carbons (Fsp3) is 0.292. The highest BCUT2D eigenvalue weighted by Gasteiger charge is 2.21. The van der Waals surface area contributed by atoms with E-state index in [9.17, 15) is 13.9 Å². The van der Waals surface area contributed by atoms with Crippen molar-refractivity contribution in [1.82, 2.24) is 19.5 Å². The maximum absolute atomic E-state index is 12.8. The number of hydrogen-bond acceptors (Lipinski definition) is 5. The van der Waals surface area contributed by atoms with Gasteiger partial charge in [-0.1, -0.05) is 24.3 Å². The molecule has 0 fully saturated rings. The Labute approximate surface area is 184 Å². The van der Waals surface area contributed by atoms with Crippen LogP contribution in [0.2, 0.25) is 0 Å². The highest BCUT2D eigenvalue weighted by molar-refractivity contribution is 5.83. The zero-order valence-electron chi connectivity index (χ0n) is 18.3. The fourth-order valence-corrected chi connectivity index (χ4v) is 3.67. The van der Waals surface area contributed by atoms with E-state index in [1.807, 2.05) is 36.6 Å². The second kappa shape index (κ2) is 8.27. The molecule has 0 saturated carbocycles. The van der Waals surface area contributed by atoms with Crippen LogP contribution in [0, 0.1) is 13.8 Å². The summed E-state index contributed by atoms with van der Waals surface area (Å²) < 4.78 is 32.3. The van der Waals surface area contributed by atoms with E-state index in [2.05, 4.69) is 19.7 Å². The summed E-state index contributed by atoms with van der Waals surface area (Å²) in [5.41, 5.74) is 3.64. The number of ether oxygens (including phenoxy) is 1. The molecule has 4 aromatic rings. The molecule has 0 amide bonds. The maximum atomic E-state index is 12.8. The van der Waals surface area contributed by atoms with Crippen LogP contribution >= 0.6 is 0 Å². The largest absolute Gasteiger partial charge is 0.434 e. The molecule has 0 aliphatic heterocycles. The monoisotopic (exact) mass is 438 g/mol. The number of aryl methyl sites for hydroxylation is 2. The first-order valence-corrected chi connectivity index (χ1v) is 10.2. The maximum Gasteiger partial charge on any atom is 0.387 e. The summed E-state index contributed by atoms with van der Waals surface area (Å²) in [5.74, 6) is 1.26. The molecule has 32 heavy (non-hydrogen) atoms. The summed E-state index contributed by atoms with van der Waals surface area (Å²) in [5, 5.41) is 10.2. The van der Waals surface area contributed by atoms with Crippen molar-refractivity contribution < 1.29 is 18.6 Å². The van der Waals surface area contributed by atoms with Crippen molar-refractivity contribution in [2.45, 2.75) is 46.5 Å². The van der Waals surface area contributed by atoms with Crippen LogP contribution in [0.4, 0.5) is 8.78 Å². The molecule has 0 bridgehead atoms. The molecule has 2 aromatic heterocycles. The van der Waals surface area contributed by atoms with Gasteiger partial charge in [0, 0.05) is 23.0 Å². The van der Waals surface area contributed by atoms with Crippen LogP contribution in [-0.4, -0.2) is 31.2 Å². The predicted octanol–water partition coefficient (Wildman–Crippen LogP) is 4.99. The Morgan fingerprint density at radius 2 is 1.84 bits per heavy atom. The van der Waals surface area contributed by atoms with Crippen molar-refractivity contribution in [1.29, 1.82) is 0 Å². The van der Waals surface area contributed by atoms with E-state index in [1.54, 1.807) is 38.2 Å². The molecule has 4 rings (SSSR count). The molecular formula is C24H24F2N4O2. The first-order chi connectivity index (χ1) is 15.1. The molecule has 0 unspecified atom stereocenters. The molecule has 166 valence electrons. The second-order valence-electron chi connectivity index (χ2n) is 8.19. The van der Waals surface area contributed by atoms with Gasteiger partial charge >= 0.3 is 6.61 Å². The quantitative estimate of drug-likeness (QED) is 0.459. The zero-order chi connectivity index (χ0) is 23.0. The van der Waals surface area contributed by atoms with Crippen molar-refractivity contribution in [3.63, 3.8) is 0 Å². The predicted molar refractivity (Wildman–Crippen MR) is 118 cm³/mol. The summed E-state index contributed by atoms with van der Waals surface area (Å²) in [4.78, 5) is 13.4. The van der Waals surface area contributed by atoms with Crippen molar-refractivity contribution in [2.75, 3.05) is 0 Å². The van der Waals surface area contributed by atoms with Crippen LogP contribution in [0.5, 0.6) is 5.75 Å². The summed E-state index contributed by atoms with van der Waals surface area (Å²) in [6, 6.07) is 12.6. The molecule has 2 heterocycles. The molecule has 0 radical (unpaired) electrons. The smallest absolute Gasteiger partial charge is 0.387 e. The molecule has 1 N–H and O–H groups in total. The van der Waals surface area contributed by atoms with Crippen LogP contribution in [0.15, 0.2) is 48.7 Å². The summed E-state index contributed by atoms with van der Waals surface area (Å²) >= 11 is 0. The third kappa shape index (κ3) is 4.31. The van der Waals surface area contributed by atoms with E-state index in [4.69, 9.17) is 0 Å². The molecule has 2 aromatic carbocycles. The Bertz CT molecular complexity index is 1280. The molecule has 6 nitrogen and oxygen atoms in total. The van der Waals surface area contributed by atoms with Crippen molar-refractivity contribution in [2.24, 2.45) is 0 Å². The van der Waals surface area contributed by atoms with Crippen LogP contribution < -0.4 is 4.74 Å². The molecule has 0 saturated heterocycles. The molecule has 0 atom stereocenters. The average molecular weight is 438 g/mol. The number of fused-ring (bicyclic) bond motifs is 1. The number of benzene rings is 2. The second-order valence-corrected chi connectivity index (χ2v) is 8.19. The lowest BCUT2D eigenvalue weighted by Crippen LogP contribution is -2.20. The molecule has 0 aliphatic rings. The minimum absolute atomic E-state index is 0.145. The van der Waals surface area contributed by atoms with Gasteiger partial charge in [-0.05, 0) is 51.5 Å². The minimum atomic E-state index is -2.89. The Balaban J connectivity index is 1.76. The number of imidazole rings is 1. The highest BCUT2D eigenvalue weighted by Crippen LogP contribution is 2.29. The first-order valence-electron chi connectivity index (χ1n) is 10.2. The van der Waals surface area contributed by atoms with Crippen molar-refractivity contribution in [3.8, 4) is 16.9 Å². The summed E-state index contributed by atoms with van der Waals surface area (Å²) in [6.07, 6.45) is 1.70. The molecule has 8 heteroatoms. The molecule has 0 spiro atoms. The number of alkyl halides is 2. The number of halogens is 2. The standard InChI is InChI=1S/C24H24F2N4O2/c1-14-18(12-27-22(28-14)24(3,4)31)16-9-10-19-20(11-16)30(15(2)29-19)13-17-7-5-6-8-21(17)32-23(25)26/h5-12,23,31H,13H2,1-4H3. The normalized spacial score (nSPS) is 12.0. The van der Waals surface area contributed by atoms with Gasteiger partial charge in [0.2, 0.25) is 0 Å². The zero-order valence-corrected chi connectivity index (χ0v) is 18.3. The van der Waals surface area contributed by atoms with Gasteiger partial charge in [0.25, 0.3) is 0 Å². The number of para-hydroxylation sites is 1.